The zero-order valence-corrected chi connectivity index (χ0v) is 13.2. The molecule has 0 aliphatic rings. The van der Waals surface area contributed by atoms with E-state index in [2.05, 4.69) is 20.0 Å². The molecular formula is C15H13ClF3N3O2. The quantitative estimate of drug-likeness (QED) is 0.886. The number of ether oxygens (including phenoxy) is 1. The number of carbonyl (C=O) groups excluding carboxylic acids is 1. The van der Waals surface area contributed by atoms with Gasteiger partial charge in [0, 0.05) is 18.6 Å². The first-order valence-electron chi connectivity index (χ1n) is 6.82. The fourth-order valence-electron chi connectivity index (χ4n) is 1.80. The van der Waals surface area contributed by atoms with Crippen LogP contribution in [-0.4, -0.2) is 28.7 Å². The van der Waals surface area contributed by atoms with Crippen LogP contribution < -0.4 is 10.1 Å². The van der Waals surface area contributed by atoms with Gasteiger partial charge in [-0.2, -0.15) is 13.2 Å². The monoisotopic (exact) mass is 359 g/mol. The number of alkyl halides is 3. The van der Waals surface area contributed by atoms with Gasteiger partial charge in [0.2, 0.25) is 5.88 Å². The van der Waals surface area contributed by atoms with Gasteiger partial charge in [0.15, 0.2) is 6.61 Å². The summed E-state index contributed by atoms with van der Waals surface area (Å²) in [5.74, 6) is -0.853. The molecule has 9 heteroatoms. The zero-order chi connectivity index (χ0) is 17.7. The van der Waals surface area contributed by atoms with Crippen molar-refractivity contribution < 1.29 is 22.7 Å². The highest BCUT2D eigenvalue weighted by molar-refractivity contribution is 6.32. The van der Waals surface area contributed by atoms with E-state index in [0.717, 1.165) is 11.8 Å². The number of carbonyl (C=O) groups is 1. The Balaban J connectivity index is 2.04. The lowest BCUT2D eigenvalue weighted by molar-refractivity contribution is -0.154. The summed E-state index contributed by atoms with van der Waals surface area (Å²) < 4.78 is 40.8. The Morgan fingerprint density at radius 3 is 2.75 bits per heavy atom. The number of nitrogens with zero attached hydrogens (tertiary/aromatic N) is 2. The lowest BCUT2D eigenvalue weighted by Crippen LogP contribution is -2.27. The third kappa shape index (κ3) is 5.09. The first kappa shape index (κ1) is 18.0. The molecule has 0 fully saturated rings. The third-order valence-corrected chi connectivity index (χ3v) is 3.24. The molecule has 5 nitrogen and oxygen atoms in total. The Kier molecular flexibility index (Phi) is 5.61. The highest BCUT2D eigenvalue weighted by Crippen LogP contribution is 2.25. The molecule has 0 aliphatic carbocycles. The van der Waals surface area contributed by atoms with Gasteiger partial charge in [0.05, 0.1) is 11.6 Å². The Hall–Kier alpha value is -2.35. The molecule has 0 saturated heterocycles. The summed E-state index contributed by atoms with van der Waals surface area (Å²) in [5, 5.41) is 2.54. The average molecular weight is 360 g/mol. The second-order valence-corrected chi connectivity index (χ2v) is 5.30. The van der Waals surface area contributed by atoms with Crippen molar-refractivity contribution in [2.24, 2.45) is 0 Å². The minimum Gasteiger partial charge on any atom is -0.467 e. The topological polar surface area (TPSA) is 64.1 Å². The van der Waals surface area contributed by atoms with E-state index in [1.54, 1.807) is 31.5 Å². The molecule has 1 atom stereocenters. The average Bonchev–Trinajstić information content (AvgIpc) is 2.53. The van der Waals surface area contributed by atoms with Crippen LogP contribution in [0.5, 0.6) is 5.88 Å². The van der Waals surface area contributed by atoms with Crippen LogP contribution in [0.1, 0.15) is 28.9 Å². The second kappa shape index (κ2) is 7.48. The second-order valence-electron chi connectivity index (χ2n) is 4.90. The van der Waals surface area contributed by atoms with E-state index in [1.165, 1.54) is 6.07 Å². The van der Waals surface area contributed by atoms with Crippen molar-refractivity contribution in [3.63, 3.8) is 0 Å². The molecule has 1 N–H and O–H groups in total. The van der Waals surface area contributed by atoms with E-state index in [1.807, 2.05) is 0 Å². The molecule has 0 unspecified atom stereocenters. The summed E-state index contributed by atoms with van der Waals surface area (Å²) in [6, 6.07) is 4.43. The van der Waals surface area contributed by atoms with Gasteiger partial charge in [-0.15, -0.1) is 0 Å². The molecule has 2 aromatic rings. The van der Waals surface area contributed by atoms with Crippen molar-refractivity contribution in [1.82, 2.24) is 15.3 Å². The summed E-state index contributed by atoms with van der Waals surface area (Å²) in [7, 11) is 0. The van der Waals surface area contributed by atoms with Gasteiger partial charge >= 0.3 is 6.18 Å². The van der Waals surface area contributed by atoms with Crippen LogP contribution in [0.3, 0.4) is 0 Å². The molecule has 0 spiro atoms. The van der Waals surface area contributed by atoms with Gasteiger partial charge < -0.3 is 10.1 Å². The molecule has 1 amide bonds. The van der Waals surface area contributed by atoms with E-state index < -0.39 is 18.7 Å². The molecule has 0 saturated carbocycles. The highest BCUT2D eigenvalue weighted by atomic mass is 35.5. The fraction of sp³-hybridized carbons (Fsp3) is 0.267. The summed E-state index contributed by atoms with van der Waals surface area (Å²) in [4.78, 5) is 19.8. The summed E-state index contributed by atoms with van der Waals surface area (Å²) in [6.07, 6.45) is -0.172. The van der Waals surface area contributed by atoms with Crippen molar-refractivity contribution in [3.05, 3.63) is 52.9 Å². The molecule has 128 valence electrons. The van der Waals surface area contributed by atoms with Crippen LogP contribution in [-0.2, 0) is 0 Å². The van der Waals surface area contributed by atoms with Gasteiger partial charge in [-0.3, -0.25) is 9.78 Å². The maximum Gasteiger partial charge on any atom is 0.422 e. The predicted molar refractivity (Wildman–Crippen MR) is 80.9 cm³/mol. The van der Waals surface area contributed by atoms with Crippen LogP contribution in [0.25, 0.3) is 0 Å². The van der Waals surface area contributed by atoms with E-state index in [0.29, 0.717) is 0 Å². The SMILES string of the molecule is C[C@H](NC(=O)c1cnc(OCC(F)(F)F)c(Cl)c1)c1cccnc1. The van der Waals surface area contributed by atoms with Gasteiger partial charge in [0.1, 0.15) is 5.02 Å². The van der Waals surface area contributed by atoms with Crippen LogP contribution >= 0.6 is 11.6 Å². The fourth-order valence-corrected chi connectivity index (χ4v) is 2.02. The van der Waals surface area contributed by atoms with Gasteiger partial charge in [-0.25, -0.2) is 4.98 Å². The lowest BCUT2D eigenvalue weighted by Gasteiger charge is -2.14. The Bertz CT molecular complexity index is 711. The minimum atomic E-state index is -4.50. The summed E-state index contributed by atoms with van der Waals surface area (Å²) in [6.45, 7) is 0.258. The molecule has 0 aliphatic heterocycles. The molecule has 2 rings (SSSR count). The van der Waals surface area contributed by atoms with E-state index in [4.69, 9.17) is 11.6 Å². The Morgan fingerprint density at radius 1 is 1.42 bits per heavy atom. The van der Waals surface area contributed by atoms with Crippen LogP contribution in [0, 0.1) is 0 Å². The Labute approximate surface area is 140 Å². The number of rotatable bonds is 5. The standard InChI is InChI=1S/C15H13ClF3N3O2/c1-9(10-3-2-4-20-6-10)22-13(23)11-5-12(16)14(21-7-11)24-8-15(17,18)19/h2-7,9H,8H2,1H3,(H,22,23)/t9-/m0/s1. The number of hydrogen-bond acceptors (Lipinski definition) is 4. The predicted octanol–water partition coefficient (Wildman–Crippen LogP) is 3.56. The normalized spacial score (nSPS) is 12.5. The number of aromatic nitrogens is 2. The van der Waals surface area contributed by atoms with Gasteiger partial charge in [-0.05, 0) is 24.6 Å². The highest BCUT2D eigenvalue weighted by Gasteiger charge is 2.29. The van der Waals surface area contributed by atoms with E-state index in [9.17, 15) is 18.0 Å². The van der Waals surface area contributed by atoms with Crippen LogP contribution in [0.2, 0.25) is 5.02 Å². The molecule has 2 heterocycles. The van der Waals surface area contributed by atoms with Crippen molar-refractivity contribution in [1.29, 1.82) is 0 Å². The Morgan fingerprint density at radius 2 is 2.17 bits per heavy atom. The number of pyridine rings is 2. The smallest absolute Gasteiger partial charge is 0.422 e. The molecule has 24 heavy (non-hydrogen) atoms. The zero-order valence-electron chi connectivity index (χ0n) is 12.5. The van der Waals surface area contributed by atoms with Crippen molar-refractivity contribution in [2.75, 3.05) is 6.61 Å². The van der Waals surface area contributed by atoms with E-state index in [-0.39, 0.29) is 22.5 Å². The van der Waals surface area contributed by atoms with Gasteiger partial charge in [0.25, 0.3) is 5.91 Å². The first-order valence-corrected chi connectivity index (χ1v) is 7.20. The maximum absolute atomic E-state index is 12.2. The number of hydrogen-bond donors (Lipinski definition) is 1. The van der Waals surface area contributed by atoms with Crippen molar-refractivity contribution in [2.45, 2.75) is 19.1 Å². The molecule has 0 bridgehead atoms. The van der Waals surface area contributed by atoms with Crippen molar-refractivity contribution in [3.8, 4) is 5.88 Å². The van der Waals surface area contributed by atoms with Crippen LogP contribution in [0.15, 0.2) is 36.8 Å². The first-order chi connectivity index (χ1) is 11.3. The third-order valence-electron chi connectivity index (χ3n) is 2.97. The number of amides is 1. The summed E-state index contributed by atoms with van der Waals surface area (Å²) in [5.41, 5.74) is 0.908. The molecule has 2 aromatic heterocycles. The van der Waals surface area contributed by atoms with Gasteiger partial charge in [-0.1, -0.05) is 17.7 Å². The number of nitrogens with one attached hydrogen (secondary N) is 1. The maximum atomic E-state index is 12.2. The van der Waals surface area contributed by atoms with Crippen molar-refractivity contribution >= 4 is 17.5 Å². The van der Waals surface area contributed by atoms with E-state index >= 15 is 0 Å². The molecular weight excluding hydrogens is 347 g/mol. The largest absolute Gasteiger partial charge is 0.467 e. The minimum absolute atomic E-state index is 0.107. The lowest BCUT2D eigenvalue weighted by atomic mass is 10.1. The molecule has 0 radical (unpaired) electrons. The molecule has 0 aromatic carbocycles. The summed E-state index contributed by atoms with van der Waals surface area (Å²) >= 11 is 5.81. The number of halogens is 4. The van der Waals surface area contributed by atoms with Crippen LogP contribution in [0.4, 0.5) is 13.2 Å².